The molecule has 2 heteroatoms. The Bertz CT molecular complexity index is 883. The summed E-state index contributed by atoms with van der Waals surface area (Å²) in [5.41, 5.74) is 5.91. The van der Waals surface area contributed by atoms with Crippen molar-refractivity contribution in [2.45, 2.75) is 12.8 Å². The third-order valence-electron chi connectivity index (χ3n) is 4.42. The van der Waals surface area contributed by atoms with E-state index in [2.05, 4.69) is 48.8 Å². The zero-order valence-corrected chi connectivity index (χ0v) is 13.6. The summed E-state index contributed by atoms with van der Waals surface area (Å²) in [6, 6.07) is 18.7. The topological polar surface area (TPSA) is 20.5 Å². The molecular weight excluding hydrogens is 296 g/mol. The quantitative estimate of drug-likeness (QED) is 0.450. The van der Waals surface area contributed by atoms with Crippen LogP contribution in [0.15, 0.2) is 77.9 Å². The molecule has 0 fully saturated rings. The summed E-state index contributed by atoms with van der Waals surface area (Å²) in [4.78, 5) is 0. The number of benzene rings is 2. The van der Waals surface area contributed by atoms with E-state index >= 15 is 0 Å². The van der Waals surface area contributed by atoms with E-state index in [9.17, 15) is 0 Å². The molecule has 0 saturated heterocycles. The third kappa shape index (κ3) is 2.61. The molecule has 0 N–H and O–H groups in total. The maximum atomic E-state index is 6.34. The van der Waals surface area contributed by atoms with Gasteiger partial charge in [0.2, 0.25) is 13.4 Å². The maximum Gasteiger partial charge on any atom is 0.229 e. The van der Waals surface area contributed by atoms with Crippen LogP contribution in [0, 0.1) is 0 Å². The van der Waals surface area contributed by atoms with Crippen molar-refractivity contribution >= 4 is 17.8 Å². The van der Waals surface area contributed by atoms with Crippen LogP contribution in [0.5, 0.6) is 0 Å². The number of allylic oxidation sites excluding steroid dienone is 4. The molecule has 2 aromatic carbocycles. The Labute approximate surface area is 142 Å². The molecule has 0 aromatic heterocycles. The van der Waals surface area contributed by atoms with Crippen LogP contribution in [-0.4, -0.2) is 13.4 Å². The first-order valence-electron chi connectivity index (χ1n) is 8.12. The van der Waals surface area contributed by atoms with Crippen LogP contribution in [0.1, 0.15) is 23.1 Å². The van der Waals surface area contributed by atoms with Gasteiger partial charge in [0.25, 0.3) is 0 Å². The zero-order chi connectivity index (χ0) is 16.4. The second-order valence-corrected chi connectivity index (χ2v) is 5.86. The second kappa shape index (κ2) is 6.32. The van der Waals surface area contributed by atoms with Crippen molar-refractivity contribution in [2.24, 2.45) is 0 Å². The molecular formula is C22H18O2. The fourth-order valence-electron chi connectivity index (χ4n) is 3.25. The van der Waals surface area contributed by atoms with Crippen LogP contribution >= 0.6 is 0 Å². The van der Waals surface area contributed by atoms with Crippen molar-refractivity contribution in [1.82, 2.24) is 0 Å². The molecule has 2 nitrogen and oxygen atoms in total. The van der Waals surface area contributed by atoms with E-state index in [1.165, 1.54) is 16.7 Å². The lowest BCUT2D eigenvalue weighted by atomic mass is 9.85. The third-order valence-corrected chi connectivity index (χ3v) is 4.42. The average Bonchev–Trinajstić information content (AvgIpc) is 2.66. The number of fused-ring (bicyclic) bond motifs is 2. The number of ether oxygens (including phenoxy) is 1. The normalized spacial score (nSPS) is 18.2. The van der Waals surface area contributed by atoms with Crippen LogP contribution < -0.4 is 0 Å². The van der Waals surface area contributed by atoms with Gasteiger partial charge < -0.3 is 9.16 Å². The number of rotatable bonds is 2. The van der Waals surface area contributed by atoms with Crippen LogP contribution in [0.2, 0.25) is 0 Å². The molecule has 1 aliphatic carbocycles. The van der Waals surface area contributed by atoms with Gasteiger partial charge in [-0.25, -0.2) is 0 Å². The van der Waals surface area contributed by atoms with Gasteiger partial charge in [-0.1, -0.05) is 66.2 Å². The molecule has 2 aliphatic rings. The minimum atomic E-state index is 0.857. The van der Waals surface area contributed by atoms with Gasteiger partial charge in [-0.05, 0) is 18.4 Å². The largest absolute Gasteiger partial charge is 0.459 e. The first-order valence-corrected chi connectivity index (χ1v) is 8.12. The van der Waals surface area contributed by atoms with E-state index in [0.29, 0.717) is 0 Å². The highest BCUT2D eigenvalue weighted by atomic mass is 16.5. The monoisotopic (exact) mass is 314 g/mol. The molecule has 2 aromatic rings. The average molecular weight is 314 g/mol. The van der Waals surface area contributed by atoms with Gasteiger partial charge in [0.15, 0.2) is 0 Å². The van der Waals surface area contributed by atoms with E-state index in [1.54, 1.807) is 7.11 Å². The smallest absolute Gasteiger partial charge is 0.229 e. The summed E-state index contributed by atoms with van der Waals surface area (Å²) in [6.45, 7) is 0. The summed E-state index contributed by atoms with van der Waals surface area (Å²) in [5, 5.41) is 0. The molecule has 0 radical (unpaired) electrons. The highest BCUT2D eigenvalue weighted by Gasteiger charge is 2.23. The Balaban J connectivity index is 1.85. The lowest BCUT2D eigenvalue weighted by molar-refractivity contribution is 0.186. The molecule has 0 atom stereocenters. The van der Waals surface area contributed by atoms with Crippen molar-refractivity contribution < 1.29 is 9.16 Å². The SMILES string of the molecule is C[O+]=[C-]/C=C1\C=C(c2ccccc2)OC2=C1CCc1ccccc12. The second-order valence-electron chi connectivity index (χ2n) is 5.86. The van der Waals surface area contributed by atoms with E-state index in [0.717, 1.165) is 35.5 Å². The van der Waals surface area contributed by atoms with E-state index < -0.39 is 0 Å². The minimum absolute atomic E-state index is 0.857. The number of carbonyl (C=O) groups excluding carboxylic acids is 1. The molecule has 0 unspecified atom stereocenters. The molecule has 24 heavy (non-hydrogen) atoms. The van der Waals surface area contributed by atoms with Gasteiger partial charge in [0.1, 0.15) is 11.5 Å². The summed E-state index contributed by atoms with van der Waals surface area (Å²) < 4.78 is 11.4. The maximum absolute atomic E-state index is 6.34. The Hall–Kier alpha value is -2.87. The van der Waals surface area contributed by atoms with Crippen molar-refractivity contribution in [1.29, 1.82) is 0 Å². The summed E-state index contributed by atoms with van der Waals surface area (Å²) in [5.74, 6) is 1.82. The van der Waals surface area contributed by atoms with Crippen LogP contribution in [0.3, 0.4) is 0 Å². The van der Waals surface area contributed by atoms with Gasteiger partial charge in [-0.15, -0.1) is 6.08 Å². The Morgan fingerprint density at radius 1 is 1.00 bits per heavy atom. The number of hydrogen-bond donors (Lipinski definition) is 0. The fraction of sp³-hybridized carbons (Fsp3) is 0.136. The van der Waals surface area contributed by atoms with Crippen LogP contribution in [0.4, 0.5) is 0 Å². The molecule has 4 rings (SSSR count). The lowest BCUT2D eigenvalue weighted by Gasteiger charge is -2.32. The highest BCUT2D eigenvalue weighted by molar-refractivity contribution is 5.85. The lowest BCUT2D eigenvalue weighted by Crippen LogP contribution is -2.12. The zero-order valence-electron chi connectivity index (χ0n) is 13.6. The molecule has 118 valence electrons. The first kappa shape index (κ1) is 14.7. The molecule has 1 heterocycles. The van der Waals surface area contributed by atoms with E-state index in [4.69, 9.17) is 9.16 Å². The van der Waals surface area contributed by atoms with Crippen LogP contribution in [-0.2, 0) is 15.6 Å². The molecule has 0 saturated carbocycles. The van der Waals surface area contributed by atoms with Crippen molar-refractivity contribution in [3.63, 3.8) is 0 Å². The number of hydrogen-bond acceptors (Lipinski definition) is 1. The molecule has 1 aliphatic heterocycles. The predicted molar refractivity (Wildman–Crippen MR) is 96.9 cm³/mol. The fourth-order valence-corrected chi connectivity index (χ4v) is 3.25. The first-order chi connectivity index (χ1) is 11.9. The van der Waals surface area contributed by atoms with Gasteiger partial charge in [-0.3, -0.25) is 0 Å². The Kier molecular flexibility index (Phi) is 3.87. The standard InChI is InChI=1S/C22H18O2/c1-23-14-13-18-15-21(17-8-3-2-4-9-17)24-22-19-10-6-5-7-16(19)11-12-20(18)22/h2-10,13,15H,11-12H2,1H3/b18-13+. The van der Waals surface area contributed by atoms with Crippen LogP contribution in [0.25, 0.3) is 11.5 Å². The molecule has 0 amide bonds. The van der Waals surface area contributed by atoms with Gasteiger partial charge in [0, 0.05) is 11.1 Å². The van der Waals surface area contributed by atoms with E-state index in [1.807, 2.05) is 24.3 Å². The summed E-state index contributed by atoms with van der Waals surface area (Å²) >= 11 is 0. The molecule has 0 bridgehead atoms. The minimum Gasteiger partial charge on any atom is -0.459 e. The Morgan fingerprint density at radius 2 is 1.79 bits per heavy atom. The van der Waals surface area contributed by atoms with Crippen molar-refractivity contribution in [3.8, 4) is 0 Å². The van der Waals surface area contributed by atoms with Gasteiger partial charge in [0.05, 0.1) is 0 Å². The summed E-state index contributed by atoms with van der Waals surface area (Å²) in [6.07, 6.45) is 8.81. The predicted octanol–water partition coefficient (Wildman–Crippen LogP) is 4.62. The van der Waals surface area contributed by atoms with Crippen molar-refractivity contribution in [3.05, 3.63) is 94.6 Å². The number of aryl methyl sites for hydroxylation is 1. The van der Waals surface area contributed by atoms with Gasteiger partial charge in [-0.2, -0.15) is 5.57 Å². The summed E-state index contributed by atoms with van der Waals surface area (Å²) in [7, 11) is 1.61. The molecule has 0 spiro atoms. The highest BCUT2D eigenvalue weighted by Crippen LogP contribution is 2.42. The Morgan fingerprint density at radius 3 is 2.62 bits per heavy atom. The van der Waals surface area contributed by atoms with Gasteiger partial charge >= 0.3 is 0 Å². The van der Waals surface area contributed by atoms with Crippen molar-refractivity contribution in [2.75, 3.05) is 7.11 Å². The van der Waals surface area contributed by atoms with E-state index in [-0.39, 0.29) is 0 Å².